The van der Waals surface area contributed by atoms with Crippen LogP contribution in [0.3, 0.4) is 0 Å². The third-order valence-corrected chi connectivity index (χ3v) is 4.37. The number of halogens is 1. The van der Waals surface area contributed by atoms with Crippen molar-refractivity contribution in [3.05, 3.63) is 34.9 Å². The van der Waals surface area contributed by atoms with Gasteiger partial charge >= 0.3 is 0 Å². The van der Waals surface area contributed by atoms with E-state index in [9.17, 15) is 0 Å². The minimum Gasteiger partial charge on any atom is -0.380 e. The van der Waals surface area contributed by atoms with Crippen molar-refractivity contribution in [3.63, 3.8) is 0 Å². The number of nitrogens with zero attached hydrogens (tertiary/aromatic N) is 1. The van der Waals surface area contributed by atoms with Crippen molar-refractivity contribution in [2.75, 3.05) is 18.4 Å². The van der Waals surface area contributed by atoms with E-state index in [0.717, 1.165) is 23.1 Å². The molecular weight excluding hydrogens is 302 g/mol. The zero-order valence-corrected chi connectivity index (χ0v) is 12.6. The number of fused-ring (bicyclic) bond motifs is 1. The van der Waals surface area contributed by atoms with Crippen LogP contribution < -0.4 is 10.6 Å². The molecule has 1 saturated heterocycles. The van der Waals surface area contributed by atoms with Gasteiger partial charge in [0.1, 0.15) is 0 Å². The molecule has 0 aliphatic carbocycles. The Balaban J connectivity index is 1.93. The lowest BCUT2D eigenvalue weighted by Crippen LogP contribution is -2.44. The fraction of sp³-hybridized carbons (Fsp3) is 0.400. The van der Waals surface area contributed by atoms with Gasteiger partial charge in [-0.2, -0.15) is 0 Å². The maximum atomic E-state index is 4.42. The van der Waals surface area contributed by atoms with Crippen LogP contribution in [0.4, 0.5) is 5.69 Å². The third-order valence-electron chi connectivity index (χ3n) is 3.87. The molecule has 4 heteroatoms. The average molecular weight is 320 g/mol. The molecule has 0 spiro atoms. The molecular formula is C15H18BrN3. The Morgan fingerprint density at radius 2 is 2.26 bits per heavy atom. The summed E-state index contributed by atoms with van der Waals surface area (Å²) in [6, 6.07) is 8.76. The zero-order valence-electron chi connectivity index (χ0n) is 11.0. The quantitative estimate of drug-likeness (QED) is 0.890. The van der Waals surface area contributed by atoms with Crippen molar-refractivity contribution < 1.29 is 0 Å². The standard InChI is InChI=1S/C15H18BrN3/c1-10-4-6-17-9-15(10)19-14-5-7-18-13-3-2-11(16)8-12(13)14/h2-3,5,7-8,10,15,17H,4,6,9H2,1H3,(H,18,19). The molecule has 3 rings (SSSR count). The highest BCUT2D eigenvalue weighted by atomic mass is 79.9. The molecule has 2 atom stereocenters. The lowest BCUT2D eigenvalue weighted by atomic mass is 9.94. The molecule has 2 heterocycles. The Labute approximate surface area is 121 Å². The van der Waals surface area contributed by atoms with Gasteiger partial charge in [-0.15, -0.1) is 0 Å². The van der Waals surface area contributed by atoms with Crippen LogP contribution in [0.1, 0.15) is 13.3 Å². The van der Waals surface area contributed by atoms with Gasteiger partial charge in [-0.3, -0.25) is 4.98 Å². The van der Waals surface area contributed by atoms with Crippen molar-refractivity contribution in [3.8, 4) is 0 Å². The molecule has 1 fully saturated rings. The summed E-state index contributed by atoms with van der Waals surface area (Å²) in [5, 5.41) is 8.31. The Kier molecular flexibility index (Phi) is 3.71. The molecule has 2 N–H and O–H groups in total. The summed E-state index contributed by atoms with van der Waals surface area (Å²) in [7, 11) is 0. The van der Waals surface area contributed by atoms with Crippen molar-refractivity contribution in [2.24, 2.45) is 5.92 Å². The van der Waals surface area contributed by atoms with Crippen LogP contribution >= 0.6 is 15.9 Å². The molecule has 100 valence electrons. The van der Waals surface area contributed by atoms with E-state index in [1.54, 1.807) is 0 Å². The first-order valence-electron chi connectivity index (χ1n) is 6.75. The van der Waals surface area contributed by atoms with E-state index in [1.807, 2.05) is 18.3 Å². The monoisotopic (exact) mass is 319 g/mol. The molecule has 2 aromatic rings. The summed E-state index contributed by atoms with van der Waals surface area (Å²) in [5.41, 5.74) is 2.21. The second-order valence-corrected chi connectivity index (χ2v) is 6.16. The number of hydrogen-bond acceptors (Lipinski definition) is 3. The van der Waals surface area contributed by atoms with Crippen molar-refractivity contribution >= 4 is 32.5 Å². The molecule has 19 heavy (non-hydrogen) atoms. The number of hydrogen-bond donors (Lipinski definition) is 2. The van der Waals surface area contributed by atoms with E-state index in [1.165, 1.54) is 17.5 Å². The Morgan fingerprint density at radius 1 is 1.37 bits per heavy atom. The predicted octanol–water partition coefficient (Wildman–Crippen LogP) is 3.41. The molecule has 1 aromatic carbocycles. The van der Waals surface area contributed by atoms with E-state index in [0.29, 0.717) is 12.0 Å². The summed E-state index contributed by atoms with van der Waals surface area (Å²) in [6.45, 7) is 4.47. The molecule has 0 amide bonds. The predicted molar refractivity (Wildman–Crippen MR) is 83.5 cm³/mol. The van der Waals surface area contributed by atoms with Gasteiger partial charge in [0.15, 0.2) is 0 Å². The number of piperidine rings is 1. The SMILES string of the molecule is CC1CCNCC1Nc1ccnc2ccc(Br)cc12. The first-order chi connectivity index (χ1) is 9.24. The van der Waals surface area contributed by atoms with E-state index in [2.05, 4.69) is 50.6 Å². The fourth-order valence-electron chi connectivity index (χ4n) is 2.63. The molecule has 1 aliphatic heterocycles. The molecule has 1 aliphatic rings. The van der Waals surface area contributed by atoms with Crippen LogP contribution in [0.2, 0.25) is 0 Å². The molecule has 0 saturated carbocycles. The average Bonchev–Trinajstić information content (AvgIpc) is 2.42. The summed E-state index contributed by atoms with van der Waals surface area (Å²) < 4.78 is 1.09. The van der Waals surface area contributed by atoms with Crippen molar-refractivity contribution in [2.45, 2.75) is 19.4 Å². The van der Waals surface area contributed by atoms with Gasteiger partial charge in [0.05, 0.1) is 5.52 Å². The van der Waals surface area contributed by atoms with E-state index >= 15 is 0 Å². The van der Waals surface area contributed by atoms with Gasteiger partial charge in [-0.1, -0.05) is 22.9 Å². The maximum Gasteiger partial charge on any atom is 0.0723 e. The second kappa shape index (κ2) is 5.47. The smallest absolute Gasteiger partial charge is 0.0723 e. The Hall–Kier alpha value is -1.13. The third kappa shape index (κ3) is 2.74. The highest BCUT2D eigenvalue weighted by molar-refractivity contribution is 9.10. The summed E-state index contributed by atoms with van der Waals surface area (Å²) in [5.74, 6) is 0.691. The number of aromatic nitrogens is 1. The van der Waals surface area contributed by atoms with Gasteiger partial charge in [0.2, 0.25) is 0 Å². The number of nitrogens with one attached hydrogen (secondary N) is 2. The fourth-order valence-corrected chi connectivity index (χ4v) is 2.99. The maximum absolute atomic E-state index is 4.42. The van der Waals surface area contributed by atoms with E-state index < -0.39 is 0 Å². The molecule has 2 unspecified atom stereocenters. The van der Waals surface area contributed by atoms with E-state index in [4.69, 9.17) is 0 Å². The molecule has 3 nitrogen and oxygen atoms in total. The first-order valence-corrected chi connectivity index (χ1v) is 7.55. The Morgan fingerprint density at radius 3 is 3.11 bits per heavy atom. The zero-order chi connectivity index (χ0) is 13.2. The van der Waals surface area contributed by atoms with Crippen LogP contribution in [-0.2, 0) is 0 Å². The lowest BCUT2D eigenvalue weighted by Gasteiger charge is -2.31. The highest BCUT2D eigenvalue weighted by Gasteiger charge is 2.21. The minimum atomic E-state index is 0.485. The number of anilines is 1. The number of pyridine rings is 1. The van der Waals surface area contributed by atoms with Crippen LogP contribution in [0.25, 0.3) is 10.9 Å². The van der Waals surface area contributed by atoms with Gasteiger partial charge in [-0.05, 0) is 43.1 Å². The molecule has 0 radical (unpaired) electrons. The van der Waals surface area contributed by atoms with Crippen LogP contribution in [0, 0.1) is 5.92 Å². The largest absolute Gasteiger partial charge is 0.380 e. The van der Waals surface area contributed by atoms with Gasteiger partial charge in [0, 0.05) is 34.3 Å². The first kappa shape index (κ1) is 12.9. The summed E-state index contributed by atoms with van der Waals surface area (Å²) >= 11 is 3.54. The summed E-state index contributed by atoms with van der Waals surface area (Å²) in [6.07, 6.45) is 3.10. The summed E-state index contributed by atoms with van der Waals surface area (Å²) in [4.78, 5) is 4.42. The topological polar surface area (TPSA) is 37.0 Å². The van der Waals surface area contributed by atoms with Crippen LogP contribution in [0.5, 0.6) is 0 Å². The van der Waals surface area contributed by atoms with E-state index in [-0.39, 0.29) is 0 Å². The van der Waals surface area contributed by atoms with Gasteiger partial charge in [-0.25, -0.2) is 0 Å². The van der Waals surface area contributed by atoms with Crippen LogP contribution in [-0.4, -0.2) is 24.1 Å². The minimum absolute atomic E-state index is 0.485. The van der Waals surface area contributed by atoms with Crippen molar-refractivity contribution in [1.29, 1.82) is 0 Å². The molecule has 0 bridgehead atoms. The second-order valence-electron chi connectivity index (χ2n) is 5.24. The van der Waals surface area contributed by atoms with Crippen LogP contribution in [0.15, 0.2) is 34.9 Å². The normalized spacial score (nSPS) is 23.5. The Bertz CT molecular complexity index is 585. The molecule has 1 aromatic heterocycles. The van der Waals surface area contributed by atoms with Crippen molar-refractivity contribution in [1.82, 2.24) is 10.3 Å². The lowest BCUT2D eigenvalue weighted by molar-refractivity contribution is 0.367. The van der Waals surface area contributed by atoms with Gasteiger partial charge < -0.3 is 10.6 Å². The number of rotatable bonds is 2. The number of benzene rings is 1. The highest BCUT2D eigenvalue weighted by Crippen LogP contribution is 2.27. The van der Waals surface area contributed by atoms with Gasteiger partial charge in [0.25, 0.3) is 0 Å².